The Hall–Kier alpha value is -5.04. The zero-order valence-corrected chi connectivity index (χ0v) is 23.6. The number of hydrogen-bond acceptors (Lipinski definition) is 7. The highest BCUT2D eigenvalue weighted by Gasteiger charge is 2.38. The third kappa shape index (κ3) is 8.98. The lowest BCUT2D eigenvalue weighted by molar-refractivity contribution is -0.192. The molecule has 0 aliphatic carbocycles. The van der Waals surface area contributed by atoms with E-state index >= 15 is 0 Å². The van der Waals surface area contributed by atoms with Crippen molar-refractivity contribution in [1.82, 2.24) is 10.2 Å². The molecule has 0 fully saturated rings. The lowest BCUT2D eigenvalue weighted by atomic mass is 9.95. The minimum Gasteiger partial charge on any atom is -0.497 e. The maximum atomic E-state index is 13.2. The molecule has 0 saturated carbocycles. The van der Waals surface area contributed by atoms with Crippen molar-refractivity contribution in [2.24, 2.45) is 5.92 Å². The second-order valence-electron chi connectivity index (χ2n) is 9.56. The van der Waals surface area contributed by atoms with E-state index in [2.05, 4.69) is 15.5 Å². The van der Waals surface area contributed by atoms with E-state index in [0.29, 0.717) is 44.3 Å². The van der Waals surface area contributed by atoms with Gasteiger partial charge in [0, 0.05) is 11.8 Å². The van der Waals surface area contributed by atoms with Gasteiger partial charge in [0.1, 0.15) is 30.5 Å². The molecule has 0 bridgehead atoms. The fraction of sp³-hybridized carbons (Fsp3) is 0.258. The van der Waals surface area contributed by atoms with Gasteiger partial charge in [-0.25, -0.2) is 4.79 Å². The summed E-state index contributed by atoms with van der Waals surface area (Å²) in [6.07, 6.45) is -0.966. The maximum absolute atomic E-state index is 13.2. The Morgan fingerprint density at radius 1 is 1.07 bits per heavy atom. The predicted octanol–water partition coefficient (Wildman–Crippen LogP) is 5.50. The summed E-state index contributed by atoms with van der Waals surface area (Å²) in [6, 6.07) is 21.3. The molecule has 1 amide bonds. The summed E-state index contributed by atoms with van der Waals surface area (Å²) in [7, 11) is 1.62. The maximum Gasteiger partial charge on any atom is 0.490 e. The number of aliphatic carboxylic acids is 1. The topological polar surface area (TPSA) is 132 Å². The number of alkyl halides is 3. The van der Waals surface area contributed by atoms with E-state index in [4.69, 9.17) is 28.8 Å². The number of aromatic nitrogens is 2. The molecule has 44 heavy (non-hydrogen) atoms. The van der Waals surface area contributed by atoms with Gasteiger partial charge in [-0.3, -0.25) is 9.89 Å². The van der Waals surface area contributed by atoms with Gasteiger partial charge in [-0.15, -0.1) is 0 Å². The Bertz CT molecular complexity index is 1530. The zero-order valence-electron chi connectivity index (χ0n) is 23.6. The summed E-state index contributed by atoms with van der Waals surface area (Å²) in [6.45, 7) is 1.57. The molecule has 13 heteroatoms. The summed E-state index contributed by atoms with van der Waals surface area (Å²) in [5, 5.41) is 17.0. The summed E-state index contributed by atoms with van der Waals surface area (Å²) in [5.74, 6) is -1.14. The first-order valence-electron chi connectivity index (χ1n) is 13.4. The van der Waals surface area contributed by atoms with Crippen LogP contribution < -0.4 is 19.5 Å². The number of nitrogens with one attached hydrogen (secondary N) is 2. The van der Waals surface area contributed by atoms with Crippen LogP contribution in [0, 0.1) is 5.92 Å². The summed E-state index contributed by atoms with van der Waals surface area (Å²) in [4.78, 5) is 22.1. The number of hydrogen-bond donors (Lipinski definition) is 3. The Labute approximate surface area is 250 Å². The molecule has 4 aromatic rings. The molecule has 1 atom stereocenters. The molecule has 1 unspecified atom stereocenters. The second kappa shape index (κ2) is 14.9. The Morgan fingerprint density at radius 2 is 1.84 bits per heavy atom. The van der Waals surface area contributed by atoms with Crippen LogP contribution in [0.25, 0.3) is 11.1 Å². The van der Waals surface area contributed by atoms with Crippen molar-refractivity contribution < 1.29 is 46.8 Å². The van der Waals surface area contributed by atoms with Gasteiger partial charge in [-0.2, -0.15) is 18.3 Å². The molecule has 0 spiro atoms. The highest BCUT2D eigenvalue weighted by Crippen LogP contribution is 2.34. The normalized spacial score (nSPS) is 13.9. The van der Waals surface area contributed by atoms with Crippen molar-refractivity contribution in [3.63, 3.8) is 0 Å². The monoisotopic (exact) mass is 613 g/mol. The summed E-state index contributed by atoms with van der Waals surface area (Å²) in [5.41, 5.74) is 4.50. The first kappa shape index (κ1) is 31.9. The van der Waals surface area contributed by atoms with Gasteiger partial charge in [-0.1, -0.05) is 36.4 Å². The number of aromatic amines is 1. The molecule has 1 aliphatic rings. The minimum absolute atomic E-state index is 0.130. The van der Waals surface area contributed by atoms with Gasteiger partial charge in [0.15, 0.2) is 0 Å². The molecule has 5 rings (SSSR count). The van der Waals surface area contributed by atoms with Crippen molar-refractivity contribution in [1.29, 1.82) is 0 Å². The van der Waals surface area contributed by atoms with Crippen LogP contribution in [0.5, 0.6) is 17.2 Å². The van der Waals surface area contributed by atoms with Gasteiger partial charge in [0.05, 0.1) is 38.1 Å². The van der Waals surface area contributed by atoms with Crippen molar-refractivity contribution in [3.05, 3.63) is 90.3 Å². The van der Waals surface area contributed by atoms with E-state index in [1.54, 1.807) is 13.3 Å². The number of halogens is 3. The van der Waals surface area contributed by atoms with Gasteiger partial charge in [0.2, 0.25) is 5.91 Å². The number of nitrogens with zero attached hydrogens (tertiary/aromatic N) is 1. The smallest absolute Gasteiger partial charge is 0.490 e. The molecule has 1 aromatic heterocycles. The number of carboxylic acid groups (broad SMARTS) is 1. The average Bonchev–Trinajstić information content (AvgIpc) is 3.56. The number of carboxylic acids is 1. The summed E-state index contributed by atoms with van der Waals surface area (Å²) >= 11 is 0. The zero-order chi connectivity index (χ0) is 31.5. The molecule has 3 aromatic carbocycles. The van der Waals surface area contributed by atoms with Gasteiger partial charge in [-0.05, 0) is 53.4 Å². The van der Waals surface area contributed by atoms with Crippen LogP contribution in [0.3, 0.4) is 0 Å². The first-order chi connectivity index (χ1) is 21.1. The van der Waals surface area contributed by atoms with E-state index < -0.39 is 12.1 Å². The number of H-pyrrole nitrogens is 1. The van der Waals surface area contributed by atoms with E-state index in [0.717, 1.165) is 33.8 Å². The Balaban J connectivity index is 0.000000566. The Kier molecular flexibility index (Phi) is 10.8. The van der Waals surface area contributed by atoms with Crippen molar-refractivity contribution in [3.8, 4) is 28.4 Å². The van der Waals surface area contributed by atoms with Crippen LogP contribution in [0.1, 0.15) is 11.1 Å². The Morgan fingerprint density at radius 3 is 2.52 bits per heavy atom. The molecule has 10 nitrogen and oxygen atoms in total. The van der Waals surface area contributed by atoms with Crippen LogP contribution in [0.2, 0.25) is 0 Å². The van der Waals surface area contributed by atoms with Crippen molar-refractivity contribution in [2.75, 3.05) is 32.2 Å². The van der Waals surface area contributed by atoms with Gasteiger partial charge >= 0.3 is 12.1 Å². The number of carbonyl (C=O) groups is 2. The molecule has 1 aliphatic heterocycles. The van der Waals surface area contributed by atoms with Crippen LogP contribution >= 0.6 is 0 Å². The van der Waals surface area contributed by atoms with Crippen molar-refractivity contribution in [2.45, 2.75) is 19.2 Å². The predicted molar refractivity (Wildman–Crippen MR) is 154 cm³/mol. The minimum atomic E-state index is -5.08. The SMILES string of the molecule is COc1ccc2c(c1)CC(C(=O)Nc1ccc(-c3cn[nH]c3)cc1OCCOCc1ccccc1)CO2.O=C(O)C(F)(F)F. The highest BCUT2D eigenvalue weighted by atomic mass is 19.4. The highest BCUT2D eigenvalue weighted by molar-refractivity contribution is 5.95. The molecule has 2 heterocycles. The lowest BCUT2D eigenvalue weighted by Crippen LogP contribution is -2.32. The van der Waals surface area contributed by atoms with Crippen LogP contribution in [-0.2, 0) is 27.4 Å². The number of methoxy groups -OCH3 is 1. The third-order valence-electron chi connectivity index (χ3n) is 6.46. The fourth-order valence-corrected chi connectivity index (χ4v) is 4.21. The number of ether oxygens (including phenoxy) is 4. The molecule has 0 radical (unpaired) electrons. The van der Waals surface area contributed by atoms with Gasteiger partial charge in [0.25, 0.3) is 0 Å². The van der Waals surface area contributed by atoms with E-state index in [1.165, 1.54) is 0 Å². The number of rotatable bonds is 10. The fourth-order valence-electron chi connectivity index (χ4n) is 4.21. The molecule has 3 N–H and O–H groups in total. The standard InChI is InChI=1S/C29H29N3O5.C2HF3O2/c1-34-25-8-10-27-22(14-25)13-23(19-37-27)29(33)32-26-9-7-21(24-16-30-31-17-24)15-28(26)36-12-11-35-18-20-5-3-2-4-6-20;3-2(4,5)1(6)7/h2-10,14-17,23H,11-13,18-19H2,1H3,(H,30,31)(H,32,33);(H,6,7). The largest absolute Gasteiger partial charge is 0.497 e. The van der Waals surface area contributed by atoms with Crippen LogP contribution in [0.15, 0.2) is 79.1 Å². The van der Waals surface area contributed by atoms with E-state index in [1.807, 2.05) is 72.9 Å². The first-order valence-corrected chi connectivity index (χ1v) is 13.4. The number of benzene rings is 3. The number of fused-ring (bicyclic) bond motifs is 1. The lowest BCUT2D eigenvalue weighted by Gasteiger charge is -2.25. The number of carbonyl (C=O) groups excluding carboxylic acids is 1. The van der Waals surface area contributed by atoms with Crippen molar-refractivity contribution >= 4 is 17.6 Å². The van der Waals surface area contributed by atoms with E-state index in [9.17, 15) is 18.0 Å². The third-order valence-corrected chi connectivity index (χ3v) is 6.46. The summed E-state index contributed by atoms with van der Waals surface area (Å²) < 4.78 is 54.7. The van der Waals surface area contributed by atoms with E-state index in [-0.39, 0.29) is 11.8 Å². The van der Waals surface area contributed by atoms with Crippen LogP contribution in [0.4, 0.5) is 18.9 Å². The number of anilines is 1. The quantitative estimate of drug-likeness (QED) is 0.200. The molecular formula is C31H30F3N3O7. The molecule has 0 saturated heterocycles. The average molecular weight is 614 g/mol. The van der Waals surface area contributed by atoms with Gasteiger partial charge < -0.3 is 29.4 Å². The molecular weight excluding hydrogens is 583 g/mol. The number of amides is 1. The second-order valence-corrected chi connectivity index (χ2v) is 9.56. The van der Waals surface area contributed by atoms with Crippen LogP contribution in [-0.4, -0.2) is 60.3 Å². The molecule has 232 valence electrons.